The van der Waals surface area contributed by atoms with Crippen LogP contribution in [0.5, 0.6) is 0 Å². The maximum atomic E-state index is 8.89. The Bertz CT molecular complexity index is 540. The molecule has 0 aliphatic heterocycles. The van der Waals surface area contributed by atoms with Gasteiger partial charge in [0.25, 0.3) is 0 Å². The Hall–Kier alpha value is -2.41. The number of aromatic nitrogens is 2. The Morgan fingerprint density at radius 1 is 1.29 bits per heavy atom. The molecule has 0 aliphatic carbocycles. The lowest BCUT2D eigenvalue weighted by atomic mass is 10.2. The van der Waals surface area contributed by atoms with Gasteiger partial charge in [0.15, 0.2) is 5.69 Å². The van der Waals surface area contributed by atoms with Gasteiger partial charge in [0.2, 0.25) is 0 Å². The Morgan fingerprint density at radius 3 is 2.88 bits per heavy atom. The minimum atomic E-state index is 0.410. The quantitative estimate of drug-likeness (QED) is 0.868. The molecule has 4 nitrogen and oxygen atoms in total. The third-order valence-electron chi connectivity index (χ3n) is 2.37. The van der Waals surface area contributed by atoms with Crippen molar-refractivity contribution in [1.29, 1.82) is 5.26 Å². The monoisotopic (exact) mass is 224 g/mol. The highest BCUT2D eigenvalue weighted by atomic mass is 14.9. The number of aryl methyl sites for hydroxylation is 1. The van der Waals surface area contributed by atoms with Crippen molar-refractivity contribution in [2.24, 2.45) is 0 Å². The molecule has 0 bridgehead atoms. The van der Waals surface area contributed by atoms with Crippen LogP contribution in [-0.4, -0.2) is 9.97 Å². The third-order valence-corrected chi connectivity index (χ3v) is 2.37. The Balaban J connectivity index is 2.08. The normalized spacial score (nSPS) is 9.65. The van der Waals surface area contributed by atoms with Gasteiger partial charge >= 0.3 is 0 Å². The van der Waals surface area contributed by atoms with Crippen LogP contribution in [0.3, 0.4) is 0 Å². The molecule has 4 heteroatoms. The van der Waals surface area contributed by atoms with Crippen LogP contribution in [0, 0.1) is 18.3 Å². The van der Waals surface area contributed by atoms with Crippen molar-refractivity contribution in [3.63, 3.8) is 0 Å². The zero-order chi connectivity index (χ0) is 12.1. The summed E-state index contributed by atoms with van der Waals surface area (Å²) in [6.45, 7) is 2.58. The zero-order valence-electron chi connectivity index (χ0n) is 9.51. The highest BCUT2D eigenvalue weighted by Gasteiger charge is 2.01. The van der Waals surface area contributed by atoms with Crippen molar-refractivity contribution in [2.45, 2.75) is 13.5 Å². The lowest BCUT2D eigenvalue weighted by molar-refractivity contribution is 1.08. The average molecular weight is 224 g/mol. The molecule has 0 aliphatic rings. The lowest BCUT2D eigenvalue weighted by Crippen LogP contribution is -2.02. The summed E-state index contributed by atoms with van der Waals surface area (Å²) in [4.78, 5) is 8.20. The molecule has 1 N–H and O–H groups in total. The summed E-state index contributed by atoms with van der Waals surface area (Å²) in [7, 11) is 0. The van der Waals surface area contributed by atoms with Crippen LogP contribution in [0.15, 0.2) is 36.7 Å². The van der Waals surface area contributed by atoms with Gasteiger partial charge in [0.05, 0.1) is 5.69 Å². The first-order valence-electron chi connectivity index (χ1n) is 5.30. The number of hydrogen-bond donors (Lipinski definition) is 1. The fraction of sp³-hybridized carbons (Fsp3) is 0.154. The average Bonchev–Trinajstić information content (AvgIpc) is 2.38. The Morgan fingerprint density at radius 2 is 2.18 bits per heavy atom. The van der Waals surface area contributed by atoms with E-state index in [1.807, 2.05) is 31.3 Å². The van der Waals surface area contributed by atoms with E-state index in [0.717, 1.165) is 16.9 Å². The van der Waals surface area contributed by atoms with Crippen molar-refractivity contribution in [1.82, 2.24) is 9.97 Å². The molecule has 2 rings (SSSR count). The first-order valence-corrected chi connectivity index (χ1v) is 5.30. The minimum Gasteiger partial charge on any atom is -0.379 e. The summed E-state index contributed by atoms with van der Waals surface area (Å²) in [6, 6.07) is 9.67. The van der Waals surface area contributed by atoms with E-state index in [0.29, 0.717) is 12.2 Å². The molecular formula is C13H12N4. The van der Waals surface area contributed by atoms with E-state index in [2.05, 4.69) is 21.4 Å². The van der Waals surface area contributed by atoms with E-state index in [1.54, 1.807) is 12.3 Å². The van der Waals surface area contributed by atoms with E-state index in [-0.39, 0.29) is 0 Å². The lowest BCUT2D eigenvalue weighted by Gasteiger charge is -2.07. The molecule has 0 saturated heterocycles. The van der Waals surface area contributed by atoms with Crippen LogP contribution in [0.25, 0.3) is 0 Å². The summed E-state index contributed by atoms with van der Waals surface area (Å²) in [6.07, 6.45) is 3.43. The molecule has 84 valence electrons. The van der Waals surface area contributed by atoms with E-state index in [4.69, 9.17) is 5.26 Å². The van der Waals surface area contributed by atoms with Crippen LogP contribution in [0.2, 0.25) is 0 Å². The molecular weight excluding hydrogens is 212 g/mol. The van der Waals surface area contributed by atoms with Crippen molar-refractivity contribution >= 4 is 5.69 Å². The molecule has 0 fully saturated rings. The van der Waals surface area contributed by atoms with E-state index in [9.17, 15) is 0 Å². The highest BCUT2D eigenvalue weighted by molar-refractivity contribution is 5.53. The van der Waals surface area contributed by atoms with Gasteiger partial charge in [-0.2, -0.15) is 5.26 Å². The van der Waals surface area contributed by atoms with Crippen molar-refractivity contribution in [3.8, 4) is 6.07 Å². The molecule has 2 aromatic rings. The van der Waals surface area contributed by atoms with E-state index in [1.165, 1.54) is 0 Å². The molecule has 0 aromatic carbocycles. The minimum absolute atomic E-state index is 0.410. The van der Waals surface area contributed by atoms with Crippen LogP contribution >= 0.6 is 0 Å². The van der Waals surface area contributed by atoms with Gasteiger partial charge in [-0.1, -0.05) is 6.07 Å². The number of nitrogens with one attached hydrogen (secondary N) is 1. The number of pyridine rings is 2. The molecule has 2 aromatic heterocycles. The van der Waals surface area contributed by atoms with Crippen molar-refractivity contribution in [2.75, 3.05) is 5.32 Å². The maximum Gasteiger partial charge on any atom is 0.163 e. The summed E-state index contributed by atoms with van der Waals surface area (Å²) in [5, 5.41) is 12.1. The predicted octanol–water partition coefficient (Wildman–Crippen LogP) is 2.27. The number of rotatable bonds is 3. The molecule has 2 heterocycles. The molecule has 0 radical (unpaired) electrons. The molecule has 0 amide bonds. The maximum absolute atomic E-state index is 8.89. The number of nitrogens with zero attached hydrogens (tertiary/aromatic N) is 3. The molecule has 0 unspecified atom stereocenters. The van der Waals surface area contributed by atoms with Crippen LogP contribution in [0.1, 0.15) is 17.0 Å². The van der Waals surface area contributed by atoms with Crippen molar-refractivity contribution in [3.05, 3.63) is 53.6 Å². The molecule has 17 heavy (non-hydrogen) atoms. The van der Waals surface area contributed by atoms with E-state index >= 15 is 0 Å². The summed E-state index contributed by atoms with van der Waals surface area (Å²) in [5.74, 6) is 0. The molecule has 0 spiro atoms. The predicted molar refractivity (Wildman–Crippen MR) is 65.3 cm³/mol. The first kappa shape index (κ1) is 11.1. The highest BCUT2D eigenvalue weighted by Crippen LogP contribution is 2.12. The van der Waals surface area contributed by atoms with Gasteiger partial charge in [-0.05, 0) is 30.7 Å². The van der Waals surface area contributed by atoms with Crippen molar-refractivity contribution < 1.29 is 0 Å². The van der Waals surface area contributed by atoms with Crippen LogP contribution < -0.4 is 5.32 Å². The van der Waals surface area contributed by atoms with E-state index < -0.39 is 0 Å². The molecule has 0 saturated carbocycles. The van der Waals surface area contributed by atoms with Gasteiger partial charge in [-0.3, -0.25) is 4.98 Å². The van der Waals surface area contributed by atoms with Crippen LogP contribution in [-0.2, 0) is 6.54 Å². The van der Waals surface area contributed by atoms with Gasteiger partial charge in [0, 0.05) is 24.6 Å². The SMILES string of the molecule is Cc1ccc(CNc2cccnc2C#N)cn1. The first-order chi connectivity index (χ1) is 8.29. The largest absolute Gasteiger partial charge is 0.379 e. The second-order valence-corrected chi connectivity index (χ2v) is 3.67. The summed E-state index contributed by atoms with van der Waals surface area (Å²) < 4.78 is 0. The molecule has 0 atom stereocenters. The smallest absolute Gasteiger partial charge is 0.163 e. The van der Waals surface area contributed by atoms with Crippen LogP contribution in [0.4, 0.5) is 5.69 Å². The van der Waals surface area contributed by atoms with Gasteiger partial charge in [0.1, 0.15) is 6.07 Å². The fourth-order valence-electron chi connectivity index (χ4n) is 1.44. The summed E-state index contributed by atoms with van der Waals surface area (Å²) >= 11 is 0. The Kier molecular flexibility index (Phi) is 3.31. The Labute approximate surface area is 100.0 Å². The van der Waals surface area contributed by atoms with Gasteiger partial charge < -0.3 is 5.32 Å². The summed E-state index contributed by atoms with van der Waals surface area (Å²) in [5.41, 5.74) is 3.22. The standard InChI is InChI=1S/C13H12N4/c1-10-4-5-11(8-16-10)9-17-12-3-2-6-15-13(12)7-14/h2-6,8,17H,9H2,1H3. The number of hydrogen-bond acceptors (Lipinski definition) is 4. The topological polar surface area (TPSA) is 61.6 Å². The third kappa shape index (κ3) is 2.79. The number of nitriles is 1. The van der Waals surface area contributed by atoms with Gasteiger partial charge in [-0.25, -0.2) is 4.98 Å². The second-order valence-electron chi connectivity index (χ2n) is 3.67. The van der Waals surface area contributed by atoms with Gasteiger partial charge in [-0.15, -0.1) is 0 Å². The fourth-order valence-corrected chi connectivity index (χ4v) is 1.44. The zero-order valence-corrected chi connectivity index (χ0v) is 9.51. The second kappa shape index (κ2) is 5.08. The number of anilines is 1.